The lowest BCUT2D eigenvalue weighted by atomic mass is 10.1. The molecule has 0 amide bonds. The SMILES string of the molecule is CCNc1cc(Cn2ccn(C)c2=O)ccc1[N+](=O)[O-]. The molecule has 2 aromatic rings. The van der Waals surface area contributed by atoms with Gasteiger partial charge >= 0.3 is 5.69 Å². The number of aromatic nitrogens is 2. The van der Waals surface area contributed by atoms with Gasteiger partial charge in [-0.25, -0.2) is 4.79 Å². The van der Waals surface area contributed by atoms with Gasteiger partial charge in [0.2, 0.25) is 0 Å². The van der Waals surface area contributed by atoms with Crippen LogP contribution in [0.4, 0.5) is 11.4 Å². The fourth-order valence-electron chi connectivity index (χ4n) is 2.00. The summed E-state index contributed by atoms with van der Waals surface area (Å²) in [5.74, 6) is 0. The maximum absolute atomic E-state index is 11.8. The first-order valence-corrected chi connectivity index (χ1v) is 6.26. The van der Waals surface area contributed by atoms with Crippen LogP contribution >= 0.6 is 0 Å². The third-order valence-corrected chi connectivity index (χ3v) is 3.00. The van der Waals surface area contributed by atoms with Crippen molar-refractivity contribution in [1.82, 2.24) is 9.13 Å². The summed E-state index contributed by atoms with van der Waals surface area (Å²) in [6, 6.07) is 4.83. The number of anilines is 1. The molecular formula is C13H16N4O3. The minimum Gasteiger partial charge on any atom is -0.380 e. The lowest BCUT2D eigenvalue weighted by Crippen LogP contribution is -2.22. The summed E-state index contributed by atoms with van der Waals surface area (Å²) in [5.41, 5.74) is 1.23. The first-order valence-electron chi connectivity index (χ1n) is 6.26. The maximum Gasteiger partial charge on any atom is 0.328 e. The molecule has 0 fully saturated rings. The van der Waals surface area contributed by atoms with E-state index in [0.717, 1.165) is 5.56 Å². The van der Waals surface area contributed by atoms with Crippen molar-refractivity contribution in [2.75, 3.05) is 11.9 Å². The van der Waals surface area contributed by atoms with Gasteiger partial charge in [-0.2, -0.15) is 0 Å². The summed E-state index contributed by atoms with van der Waals surface area (Å²) in [4.78, 5) is 22.3. The maximum atomic E-state index is 11.8. The Bertz CT molecular complexity index is 687. The molecule has 0 saturated heterocycles. The quantitative estimate of drug-likeness (QED) is 0.664. The standard InChI is InChI=1S/C13H16N4O3/c1-3-14-11-8-10(4-5-12(11)17(19)20)9-16-7-6-15(2)13(16)18/h4-8,14H,3,9H2,1-2H3. The summed E-state index contributed by atoms with van der Waals surface area (Å²) >= 11 is 0. The minimum absolute atomic E-state index is 0.0380. The Hall–Kier alpha value is -2.57. The van der Waals surface area contributed by atoms with Gasteiger partial charge in [-0.05, 0) is 18.6 Å². The van der Waals surface area contributed by atoms with Crippen molar-refractivity contribution in [2.45, 2.75) is 13.5 Å². The van der Waals surface area contributed by atoms with Gasteiger partial charge in [-0.15, -0.1) is 0 Å². The molecule has 1 N–H and O–H groups in total. The number of benzene rings is 1. The Morgan fingerprint density at radius 1 is 1.35 bits per heavy atom. The Morgan fingerprint density at radius 3 is 2.65 bits per heavy atom. The number of hydrogen-bond donors (Lipinski definition) is 1. The number of hydrogen-bond acceptors (Lipinski definition) is 4. The molecule has 1 aromatic heterocycles. The van der Waals surface area contributed by atoms with E-state index in [0.29, 0.717) is 18.8 Å². The first kappa shape index (κ1) is 13.9. The second-order valence-electron chi connectivity index (χ2n) is 4.46. The van der Waals surface area contributed by atoms with E-state index in [9.17, 15) is 14.9 Å². The van der Waals surface area contributed by atoms with Gasteiger partial charge < -0.3 is 9.88 Å². The van der Waals surface area contributed by atoms with Crippen molar-refractivity contribution in [3.63, 3.8) is 0 Å². The highest BCUT2D eigenvalue weighted by atomic mass is 16.6. The monoisotopic (exact) mass is 276 g/mol. The molecule has 0 saturated carbocycles. The first-order chi connectivity index (χ1) is 9.52. The summed E-state index contributed by atoms with van der Waals surface area (Å²) in [7, 11) is 1.68. The van der Waals surface area contributed by atoms with Gasteiger partial charge in [0.1, 0.15) is 5.69 Å². The highest BCUT2D eigenvalue weighted by Gasteiger charge is 2.13. The van der Waals surface area contributed by atoms with Gasteiger partial charge in [-0.3, -0.25) is 14.7 Å². The largest absolute Gasteiger partial charge is 0.380 e. The Balaban J connectivity index is 2.33. The Kier molecular flexibility index (Phi) is 3.88. The van der Waals surface area contributed by atoms with Crippen LogP contribution in [0.1, 0.15) is 12.5 Å². The van der Waals surface area contributed by atoms with E-state index in [1.807, 2.05) is 6.92 Å². The predicted octanol–water partition coefficient (Wildman–Crippen LogP) is 1.58. The van der Waals surface area contributed by atoms with Crippen LogP contribution < -0.4 is 11.0 Å². The Morgan fingerprint density at radius 2 is 2.10 bits per heavy atom. The van der Waals surface area contributed by atoms with Crippen LogP contribution in [0.25, 0.3) is 0 Å². The highest BCUT2D eigenvalue weighted by Crippen LogP contribution is 2.25. The van der Waals surface area contributed by atoms with Crippen molar-refractivity contribution in [2.24, 2.45) is 7.05 Å². The lowest BCUT2D eigenvalue weighted by Gasteiger charge is -2.08. The molecule has 0 spiro atoms. The normalized spacial score (nSPS) is 10.5. The highest BCUT2D eigenvalue weighted by molar-refractivity contribution is 5.62. The van der Waals surface area contributed by atoms with E-state index in [1.165, 1.54) is 10.6 Å². The summed E-state index contributed by atoms with van der Waals surface area (Å²) < 4.78 is 3.04. The smallest absolute Gasteiger partial charge is 0.328 e. The molecule has 106 valence electrons. The molecule has 20 heavy (non-hydrogen) atoms. The number of nitrogens with zero attached hydrogens (tertiary/aromatic N) is 3. The van der Waals surface area contributed by atoms with Crippen LogP contribution in [-0.2, 0) is 13.6 Å². The third-order valence-electron chi connectivity index (χ3n) is 3.00. The van der Waals surface area contributed by atoms with E-state index in [1.54, 1.807) is 36.1 Å². The number of imidazole rings is 1. The van der Waals surface area contributed by atoms with E-state index in [4.69, 9.17) is 0 Å². The number of nitro benzene ring substituents is 1. The molecule has 1 aromatic carbocycles. The van der Waals surface area contributed by atoms with E-state index >= 15 is 0 Å². The number of rotatable bonds is 5. The summed E-state index contributed by atoms with van der Waals surface area (Å²) in [6.45, 7) is 2.85. The molecule has 0 radical (unpaired) electrons. The number of nitrogens with one attached hydrogen (secondary N) is 1. The molecule has 7 heteroatoms. The average molecular weight is 276 g/mol. The topological polar surface area (TPSA) is 82.1 Å². The molecule has 0 unspecified atom stereocenters. The average Bonchev–Trinajstić information content (AvgIpc) is 2.71. The molecule has 0 aliphatic rings. The van der Waals surface area contributed by atoms with Crippen LogP contribution in [0.2, 0.25) is 0 Å². The number of aryl methyl sites for hydroxylation is 1. The molecule has 0 aliphatic carbocycles. The molecule has 7 nitrogen and oxygen atoms in total. The van der Waals surface area contributed by atoms with Crippen molar-refractivity contribution in [3.8, 4) is 0 Å². The molecule has 0 atom stereocenters. The van der Waals surface area contributed by atoms with E-state index in [2.05, 4.69) is 5.32 Å². The van der Waals surface area contributed by atoms with Crippen LogP contribution in [0.5, 0.6) is 0 Å². The summed E-state index contributed by atoms with van der Waals surface area (Å²) in [6.07, 6.45) is 3.37. The molecule has 2 rings (SSSR count). The van der Waals surface area contributed by atoms with Crippen molar-refractivity contribution < 1.29 is 4.92 Å². The van der Waals surface area contributed by atoms with E-state index in [-0.39, 0.29) is 11.4 Å². The van der Waals surface area contributed by atoms with Crippen LogP contribution in [0.3, 0.4) is 0 Å². The van der Waals surface area contributed by atoms with Crippen molar-refractivity contribution in [3.05, 3.63) is 56.8 Å². The zero-order chi connectivity index (χ0) is 14.7. The number of nitro groups is 1. The van der Waals surface area contributed by atoms with E-state index < -0.39 is 4.92 Å². The molecule has 0 bridgehead atoms. The van der Waals surface area contributed by atoms with Crippen LogP contribution in [0.15, 0.2) is 35.4 Å². The third kappa shape index (κ3) is 2.71. The fourth-order valence-corrected chi connectivity index (χ4v) is 2.00. The molecular weight excluding hydrogens is 260 g/mol. The van der Waals surface area contributed by atoms with Crippen LogP contribution in [-0.4, -0.2) is 20.6 Å². The second-order valence-corrected chi connectivity index (χ2v) is 4.46. The van der Waals surface area contributed by atoms with Gasteiger partial charge in [0.15, 0.2) is 0 Å². The zero-order valence-corrected chi connectivity index (χ0v) is 11.4. The molecule has 1 heterocycles. The summed E-state index contributed by atoms with van der Waals surface area (Å²) in [5, 5.41) is 13.9. The minimum atomic E-state index is -0.420. The second kappa shape index (κ2) is 5.60. The van der Waals surface area contributed by atoms with Crippen molar-refractivity contribution >= 4 is 11.4 Å². The fraction of sp³-hybridized carbons (Fsp3) is 0.308. The van der Waals surface area contributed by atoms with Crippen molar-refractivity contribution in [1.29, 1.82) is 0 Å². The predicted molar refractivity (Wildman–Crippen MR) is 76.0 cm³/mol. The van der Waals surface area contributed by atoms with Crippen LogP contribution in [0, 0.1) is 10.1 Å². The van der Waals surface area contributed by atoms with Gasteiger partial charge in [-0.1, -0.05) is 6.07 Å². The van der Waals surface area contributed by atoms with Gasteiger partial charge in [0.25, 0.3) is 5.69 Å². The lowest BCUT2D eigenvalue weighted by molar-refractivity contribution is -0.384. The molecule has 0 aliphatic heterocycles. The Labute approximate surface area is 115 Å². The zero-order valence-electron chi connectivity index (χ0n) is 11.4. The van der Waals surface area contributed by atoms with Gasteiger partial charge in [0, 0.05) is 32.1 Å². The van der Waals surface area contributed by atoms with Gasteiger partial charge in [0.05, 0.1) is 11.5 Å².